The Morgan fingerprint density at radius 1 is 1.16 bits per heavy atom. The van der Waals surface area contributed by atoms with E-state index in [4.69, 9.17) is 14.6 Å². The highest BCUT2D eigenvalue weighted by Crippen LogP contribution is 2.37. The quantitative estimate of drug-likeness (QED) is 0.174. The predicted molar refractivity (Wildman–Crippen MR) is 143 cm³/mol. The minimum atomic E-state index is -0.535. The number of halogens is 1. The van der Waals surface area contributed by atoms with Gasteiger partial charge in [-0.3, -0.25) is 0 Å². The zero-order valence-corrected chi connectivity index (χ0v) is 22.5. The van der Waals surface area contributed by atoms with Crippen LogP contribution in [0, 0.1) is 5.82 Å². The SMILES string of the molecule is CCCCCOc1ccc(C2C(C(=O)OC(C)C)=C(C)Nc3nc(SCc4ccccc4F)nn32)cc1. The van der Waals surface area contributed by atoms with E-state index in [0.29, 0.717) is 40.3 Å². The van der Waals surface area contributed by atoms with Crippen molar-refractivity contribution >= 4 is 23.7 Å². The smallest absolute Gasteiger partial charge is 0.338 e. The van der Waals surface area contributed by atoms with Crippen LogP contribution in [0.2, 0.25) is 0 Å². The van der Waals surface area contributed by atoms with E-state index >= 15 is 0 Å². The third-order valence-corrected chi connectivity index (χ3v) is 6.81. The Labute approximate surface area is 221 Å². The Morgan fingerprint density at radius 2 is 1.92 bits per heavy atom. The molecule has 0 spiro atoms. The number of thioether (sulfide) groups is 1. The molecule has 2 aromatic carbocycles. The molecular weight excluding hydrogens is 491 g/mol. The second-order valence-electron chi connectivity index (χ2n) is 9.19. The largest absolute Gasteiger partial charge is 0.494 e. The number of esters is 1. The minimum absolute atomic E-state index is 0.261. The van der Waals surface area contributed by atoms with Crippen LogP contribution in [-0.4, -0.2) is 33.4 Å². The monoisotopic (exact) mass is 524 g/mol. The van der Waals surface area contributed by atoms with Gasteiger partial charge in [0.2, 0.25) is 11.1 Å². The Morgan fingerprint density at radius 3 is 2.62 bits per heavy atom. The van der Waals surface area contributed by atoms with E-state index in [-0.39, 0.29) is 11.9 Å². The number of allylic oxidation sites excluding steroid dienone is 1. The van der Waals surface area contributed by atoms with E-state index in [9.17, 15) is 9.18 Å². The first kappa shape index (κ1) is 26.7. The van der Waals surface area contributed by atoms with Gasteiger partial charge in [-0.05, 0) is 56.5 Å². The van der Waals surface area contributed by atoms with E-state index < -0.39 is 12.0 Å². The summed E-state index contributed by atoms with van der Waals surface area (Å²) in [7, 11) is 0. The molecule has 1 aromatic heterocycles. The normalized spacial score (nSPS) is 14.9. The van der Waals surface area contributed by atoms with E-state index in [1.165, 1.54) is 17.8 Å². The number of carbonyl (C=O) groups is 1. The number of aromatic nitrogens is 3. The van der Waals surface area contributed by atoms with Crippen LogP contribution in [0.4, 0.5) is 10.3 Å². The third kappa shape index (κ3) is 6.52. The number of fused-ring (bicyclic) bond motifs is 1. The van der Waals surface area contributed by atoms with E-state index in [1.807, 2.05) is 45.0 Å². The Balaban J connectivity index is 1.62. The third-order valence-electron chi connectivity index (χ3n) is 5.92. The lowest BCUT2D eigenvalue weighted by atomic mass is 9.95. The summed E-state index contributed by atoms with van der Waals surface area (Å²) in [5.41, 5.74) is 2.55. The molecule has 4 rings (SSSR count). The van der Waals surface area contributed by atoms with Crippen LogP contribution in [0.1, 0.15) is 64.1 Å². The first-order valence-corrected chi connectivity index (χ1v) is 13.6. The molecule has 37 heavy (non-hydrogen) atoms. The van der Waals surface area contributed by atoms with E-state index in [1.54, 1.807) is 22.9 Å². The maximum atomic E-state index is 14.1. The maximum Gasteiger partial charge on any atom is 0.338 e. The van der Waals surface area contributed by atoms with Crippen molar-refractivity contribution in [3.05, 3.63) is 76.7 Å². The molecule has 3 aromatic rings. The number of nitrogens with one attached hydrogen (secondary N) is 1. The molecule has 2 heterocycles. The van der Waals surface area contributed by atoms with Gasteiger partial charge in [-0.15, -0.1) is 5.10 Å². The summed E-state index contributed by atoms with van der Waals surface area (Å²) in [6.07, 6.45) is 3.01. The van der Waals surface area contributed by atoms with Crippen molar-refractivity contribution in [2.24, 2.45) is 0 Å². The topological polar surface area (TPSA) is 78.3 Å². The molecule has 196 valence electrons. The summed E-state index contributed by atoms with van der Waals surface area (Å²) in [5, 5.41) is 8.39. The number of nitrogens with zero attached hydrogens (tertiary/aromatic N) is 3. The van der Waals surface area contributed by atoms with Gasteiger partial charge in [-0.2, -0.15) is 4.98 Å². The number of ether oxygens (including phenoxy) is 2. The van der Waals surface area contributed by atoms with Crippen LogP contribution in [0.3, 0.4) is 0 Å². The summed E-state index contributed by atoms with van der Waals surface area (Å²) >= 11 is 1.34. The van der Waals surface area contributed by atoms with Gasteiger partial charge < -0.3 is 14.8 Å². The predicted octanol–water partition coefficient (Wildman–Crippen LogP) is 6.52. The summed E-state index contributed by atoms with van der Waals surface area (Å²) < 4.78 is 27.3. The van der Waals surface area contributed by atoms with Crippen LogP contribution in [0.25, 0.3) is 0 Å². The molecule has 1 N–H and O–H groups in total. The number of carbonyl (C=O) groups excluding carboxylic acids is 1. The lowest BCUT2D eigenvalue weighted by molar-refractivity contribution is -0.143. The molecule has 0 fully saturated rings. The van der Waals surface area contributed by atoms with Crippen molar-refractivity contribution in [3.63, 3.8) is 0 Å². The van der Waals surface area contributed by atoms with E-state index in [2.05, 4.69) is 17.2 Å². The van der Waals surface area contributed by atoms with Gasteiger partial charge in [0, 0.05) is 11.4 Å². The van der Waals surface area contributed by atoms with Crippen molar-refractivity contribution in [1.82, 2.24) is 14.8 Å². The van der Waals surface area contributed by atoms with Crippen molar-refractivity contribution in [2.75, 3.05) is 11.9 Å². The molecule has 0 radical (unpaired) electrons. The molecular formula is C28H33FN4O3S. The molecule has 0 amide bonds. The van der Waals surface area contributed by atoms with Crippen molar-refractivity contribution in [3.8, 4) is 5.75 Å². The number of anilines is 1. The highest BCUT2D eigenvalue weighted by molar-refractivity contribution is 7.98. The van der Waals surface area contributed by atoms with Gasteiger partial charge in [0.1, 0.15) is 17.6 Å². The van der Waals surface area contributed by atoms with E-state index in [0.717, 1.165) is 30.6 Å². The van der Waals surface area contributed by atoms with Gasteiger partial charge in [-0.25, -0.2) is 13.9 Å². The molecule has 0 saturated heterocycles. The van der Waals surface area contributed by atoms with Crippen molar-refractivity contribution in [1.29, 1.82) is 0 Å². The lowest BCUT2D eigenvalue weighted by Gasteiger charge is -2.28. The van der Waals surface area contributed by atoms with Gasteiger partial charge in [0.15, 0.2) is 0 Å². The average molecular weight is 525 g/mol. The first-order chi connectivity index (χ1) is 17.9. The minimum Gasteiger partial charge on any atom is -0.494 e. The fraction of sp³-hybridized carbons (Fsp3) is 0.393. The number of rotatable bonds is 11. The molecule has 0 saturated carbocycles. The number of benzene rings is 2. The van der Waals surface area contributed by atoms with Gasteiger partial charge in [-0.1, -0.05) is 61.9 Å². The number of hydrogen-bond donors (Lipinski definition) is 1. The van der Waals surface area contributed by atoms with Gasteiger partial charge >= 0.3 is 5.97 Å². The van der Waals surface area contributed by atoms with Crippen LogP contribution in [-0.2, 0) is 15.3 Å². The average Bonchev–Trinajstić information content (AvgIpc) is 3.27. The standard InChI is InChI=1S/C28H33FN4O3S/c1-5-6-9-16-35-22-14-12-20(13-15-22)25-24(26(34)36-18(2)3)19(4)30-27-31-28(32-33(25)27)37-17-21-10-7-8-11-23(21)29/h7-8,10-15,18,25H,5-6,9,16-17H2,1-4H3,(H,30,31,32). The molecule has 7 nitrogen and oxygen atoms in total. The van der Waals surface area contributed by atoms with Gasteiger partial charge in [0.05, 0.1) is 18.3 Å². The maximum absolute atomic E-state index is 14.1. The summed E-state index contributed by atoms with van der Waals surface area (Å²) in [5.74, 6) is 1.01. The molecule has 1 aliphatic heterocycles. The van der Waals surface area contributed by atoms with Crippen LogP contribution in [0.5, 0.6) is 5.75 Å². The zero-order chi connectivity index (χ0) is 26.4. The second-order valence-corrected chi connectivity index (χ2v) is 10.1. The highest BCUT2D eigenvalue weighted by Gasteiger charge is 2.35. The fourth-order valence-corrected chi connectivity index (χ4v) is 4.90. The summed E-state index contributed by atoms with van der Waals surface area (Å²) in [6, 6.07) is 13.8. The Hall–Kier alpha value is -3.33. The molecule has 1 unspecified atom stereocenters. The van der Waals surface area contributed by atoms with Crippen LogP contribution < -0.4 is 10.1 Å². The lowest BCUT2D eigenvalue weighted by Crippen LogP contribution is -2.30. The molecule has 0 bridgehead atoms. The summed E-state index contributed by atoms with van der Waals surface area (Å²) in [6.45, 7) is 8.30. The molecule has 9 heteroatoms. The number of unbranched alkanes of at least 4 members (excludes halogenated alkanes) is 2. The van der Waals surface area contributed by atoms with Crippen molar-refractivity contribution in [2.45, 2.75) is 70.0 Å². The number of hydrogen-bond acceptors (Lipinski definition) is 7. The first-order valence-electron chi connectivity index (χ1n) is 12.6. The van der Waals surface area contributed by atoms with Crippen molar-refractivity contribution < 1.29 is 18.7 Å². The molecule has 1 aliphatic rings. The van der Waals surface area contributed by atoms with Crippen LogP contribution in [0.15, 0.2) is 65.0 Å². The zero-order valence-electron chi connectivity index (χ0n) is 21.7. The molecule has 1 atom stereocenters. The summed E-state index contributed by atoms with van der Waals surface area (Å²) in [4.78, 5) is 17.8. The Bertz CT molecular complexity index is 1260. The van der Waals surface area contributed by atoms with Gasteiger partial charge in [0.25, 0.3) is 0 Å². The highest BCUT2D eigenvalue weighted by atomic mass is 32.2. The fourth-order valence-electron chi connectivity index (χ4n) is 4.09. The molecule has 0 aliphatic carbocycles. The second kappa shape index (κ2) is 12.3. The van der Waals surface area contributed by atoms with Crippen LogP contribution >= 0.6 is 11.8 Å². The Kier molecular flexibility index (Phi) is 8.87.